The van der Waals surface area contributed by atoms with Crippen LogP contribution in [-0.2, 0) is 76.7 Å². The summed E-state index contributed by atoms with van der Waals surface area (Å²) in [5.74, 6) is -17.9. The standard InChI is InChI=1S/C61H105N17O23S2/c1-9-26(2)43(60(99)78-21-13-16-39(78)53(92)66-27(3)48(87)68-34(61(100)101)17-18-40(63)85)72-59(98)47(32(8)84)75-52(91)37(25-103)71-58(97)45(30(6)82)74-49(88)33(14-10-11-19-62)67-51(90)36(24-102)70-54(93)38-15-12-20-77(38)41(86)22-65-56(95)44(29(5)81)73-50(89)35(23-79)69-57(96)46(31(7)83)76-55(94)42(64)28(4)80/h26-39,42-47,79-84,102-103H,9-25,62,64H2,1-8H3,(H2,63,85)(H,65,95)(H,66,92)(H,67,90)(H,68,87)(H,69,96)(H,70,93)(H,71,97)(H,72,98)(H,73,89)(H,74,88)(H,75,91)(H,76,94)(H,100,101)/t26-,27-,28+,29+,30+,31+,32+,33-,34-,35-,36-,37-,38-,39-,42-,43-,44-,45-,46-,47-/m0/s1. The normalized spacial score (nSPS) is 19.5. The lowest BCUT2D eigenvalue weighted by atomic mass is 9.96. The van der Waals surface area contributed by atoms with Crippen molar-refractivity contribution in [2.24, 2.45) is 23.1 Å². The fraction of sp³-hybridized carbons (Fsp3) is 0.738. The van der Waals surface area contributed by atoms with E-state index in [9.17, 15) is 112 Å². The number of carboxylic acid groups (broad SMARTS) is 1. The Morgan fingerprint density at radius 3 is 1.35 bits per heavy atom. The van der Waals surface area contributed by atoms with Crippen molar-refractivity contribution in [1.82, 2.24) is 73.6 Å². The van der Waals surface area contributed by atoms with E-state index in [-0.39, 0.29) is 76.8 Å². The summed E-state index contributed by atoms with van der Waals surface area (Å²) < 4.78 is 0. The molecule has 0 aromatic heterocycles. The summed E-state index contributed by atoms with van der Waals surface area (Å²) in [5.41, 5.74) is 16.4. The Morgan fingerprint density at radius 2 is 0.883 bits per heavy atom. The first-order valence-corrected chi connectivity index (χ1v) is 34.9. The highest BCUT2D eigenvalue weighted by atomic mass is 32.1. The van der Waals surface area contributed by atoms with Crippen LogP contribution in [0.2, 0.25) is 0 Å². The number of thiol groups is 2. The predicted molar refractivity (Wildman–Crippen MR) is 369 cm³/mol. The summed E-state index contributed by atoms with van der Waals surface area (Å²) in [5, 5.41) is 99.4. The van der Waals surface area contributed by atoms with Gasteiger partial charge < -0.3 is 127 Å². The Bertz CT molecular complexity index is 2970. The molecular weight excluding hydrogens is 1400 g/mol. The van der Waals surface area contributed by atoms with Crippen molar-refractivity contribution in [1.29, 1.82) is 0 Å². The number of rotatable bonds is 44. The second kappa shape index (κ2) is 44.5. The van der Waals surface area contributed by atoms with Gasteiger partial charge in [0.2, 0.25) is 88.6 Å². The monoisotopic (exact) mass is 1510 g/mol. The number of carboxylic acids is 1. The molecule has 0 spiro atoms. The number of hydrogen-bond donors (Lipinski definition) is 24. The number of aliphatic hydroxyl groups excluding tert-OH is 6. The fourth-order valence-corrected chi connectivity index (χ4v) is 11.1. The number of carbonyl (C=O) groups excluding carboxylic acids is 15. The molecule has 2 fully saturated rings. The van der Waals surface area contributed by atoms with Crippen LogP contribution in [-0.4, -0.2) is 300 Å². The van der Waals surface area contributed by atoms with Crippen molar-refractivity contribution in [3.8, 4) is 0 Å². The Hall–Kier alpha value is -8.10. The molecule has 103 heavy (non-hydrogen) atoms. The minimum absolute atomic E-state index is 0.0216. The highest BCUT2D eigenvalue weighted by Crippen LogP contribution is 2.23. The maximum absolute atomic E-state index is 14.3. The molecule has 25 N–H and O–H groups in total. The molecule has 0 saturated carbocycles. The lowest BCUT2D eigenvalue weighted by Gasteiger charge is -2.33. The minimum Gasteiger partial charge on any atom is -0.480 e. The summed E-state index contributed by atoms with van der Waals surface area (Å²) >= 11 is 8.41. The van der Waals surface area contributed by atoms with Gasteiger partial charge in [0, 0.05) is 31.0 Å². The number of hydrogen-bond acceptors (Lipinski definition) is 26. The predicted octanol–water partition coefficient (Wildman–Crippen LogP) is -11.0. The number of amides is 15. The highest BCUT2D eigenvalue weighted by Gasteiger charge is 2.44. The van der Waals surface area contributed by atoms with E-state index in [1.807, 2.05) is 0 Å². The molecule has 2 heterocycles. The van der Waals surface area contributed by atoms with Crippen LogP contribution in [0.4, 0.5) is 0 Å². The molecule has 2 aliphatic heterocycles. The molecule has 0 bridgehead atoms. The maximum atomic E-state index is 14.3. The first-order chi connectivity index (χ1) is 48.2. The molecule has 42 heteroatoms. The van der Waals surface area contributed by atoms with E-state index >= 15 is 0 Å². The van der Waals surface area contributed by atoms with Crippen LogP contribution < -0.4 is 81.0 Å². The average molecular weight is 1510 g/mol. The van der Waals surface area contributed by atoms with Crippen LogP contribution in [0, 0.1) is 5.92 Å². The first-order valence-electron chi connectivity index (χ1n) is 33.6. The smallest absolute Gasteiger partial charge is 0.326 e. The van der Waals surface area contributed by atoms with E-state index in [0.717, 1.165) is 32.6 Å². The summed E-state index contributed by atoms with van der Waals surface area (Å²) in [6.07, 6.45) is -7.19. The zero-order chi connectivity index (χ0) is 78.4. The summed E-state index contributed by atoms with van der Waals surface area (Å²) in [4.78, 5) is 215. The second-order valence-electron chi connectivity index (χ2n) is 25.4. The number of nitrogens with two attached hydrogens (primary N) is 3. The van der Waals surface area contributed by atoms with Crippen LogP contribution in [0.15, 0.2) is 0 Å². The van der Waals surface area contributed by atoms with Crippen molar-refractivity contribution in [3.63, 3.8) is 0 Å². The van der Waals surface area contributed by atoms with Gasteiger partial charge in [-0.05, 0) is 105 Å². The van der Waals surface area contributed by atoms with E-state index in [0.29, 0.717) is 12.8 Å². The second-order valence-corrected chi connectivity index (χ2v) is 26.1. The third kappa shape index (κ3) is 28.5. The van der Waals surface area contributed by atoms with Gasteiger partial charge in [-0.15, -0.1) is 0 Å². The van der Waals surface area contributed by atoms with Gasteiger partial charge in [-0.2, -0.15) is 25.3 Å². The lowest BCUT2D eigenvalue weighted by Crippen LogP contribution is -2.63. The van der Waals surface area contributed by atoms with Gasteiger partial charge in [-0.3, -0.25) is 71.9 Å². The molecule has 0 unspecified atom stereocenters. The van der Waals surface area contributed by atoms with Crippen LogP contribution in [0.25, 0.3) is 0 Å². The zero-order valence-corrected chi connectivity index (χ0v) is 60.5. The number of primary amides is 1. The number of likely N-dealkylation sites (tertiary alicyclic amines) is 2. The third-order valence-electron chi connectivity index (χ3n) is 17.1. The molecule has 0 aromatic carbocycles. The van der Waals surface area contributed by atoms with Crippen LogP contribution >= 0.6 is 25.3 Å². The maximum Gasteiger partial charge on any atom is 0.326 e. The van der Waals surface area contributed by atoms with Crippen molar-refractivity contribution in [2.75, 3.05) is 44.3 Å². The number of aliphatic carboxylic acids is 1. The summed E-state index contributed by atoms with van der Waals surface area (Å²) in [7, 11) is 0. The van der Waals surface area contributed by atoms with Crippen molar-refractivity contribution in [2.45, 2.75) is 235 Å². The molecular formula is C61H105N17O23S2. The first kappa shape index (κ1) is 91.0. The van der Waals surface area contributed by atoms with Crippen LogP contribution in [0.5, 0.6) is 0 Å². The Kier molecular flexibility index (Phi) is 39.3. The van der Waals surface area contributed by atoms with E-state index in [2.05, 4.69) is 89.1 Å². The van der Waals surface area contributed by atoms with E-state index in [1.165, 1.54) is 18.7 Å². The number of unbranched alkanes of at least 4 members (excludes halogenated alkanes) is 1. The summed E-state index contributed by atoms with van der Waals surface area (Å²) in [6, 6.07) is -21.8. The van der Waals surface area contributed by atoms with Gasteiger partial charge >= 0.3 is 5.97 Å². The molecule has 0 radical (unpaired) electrons. The minimum atomic E-state index is -1.86. The molecule has 2 aliphatic rings. The molecule has 0 aromatic rings. The van der Waals surface area contributed by atoms with Crippen molar-refractivity contribution >= 4 is 120 Å². The fourth-order valence-electron chi connectivity index (χ4n) is 10.6. The molecule has 20 atom stereocenters. The Balaban J connectivity index is 2.20. The summed E-state index contributed by atoms with van der Waals surface area (Å²) in [6.45, 7) is 8.49. The van der Waals surface area contributed by atoms with E-state index in [4.69, 9.17) is 17.2 Å². The zero-order valence-electron chi connectivity index (χ0n) is 58.8. The molecule has 2 saturated heterocycles. The molecule has 15 amide bonds. The topological polar surface area (TPSA) is 644 Å². The highest BCUT2D eigenvalue weighted by molar-refractivity contribution is 7.80. The van der Waals surface area contributed by atoms with Gasteiger partial charge in [0.1, 0.15) is 84.6 Å². The SMILES string of the molecule is CC[C@H](C)[C@H](NC(=O)[C@@H](NC(=O)[C@H](CS)NC(=O)[C@@H](NC(=O)[C@H](CCCCN)NC(=O)[C@H](CS)NC(=O)[C@@H]1CCCN1C(=O)CNC(=O)[C@@H](NC(=O)[C@H](CO)NC(=O)[C@@H](NC(=O)[C@@H](N)[C@@H](C)O)[C@@H](C)O)[C@@H](C)O)[C@@H](C)O)[C@@H](C)O)C(=O)N1CCC[C@H]1C(=O)N[C@@H](C)C(=O)N[C@@H](CCC(N)=O)C(=O)O. The Morgan fingerprint density at radius 1 is 0.476 bits per heavy atom. The lowest BCUT2D eigenvalue weighted by molar-refractivity contribution is -0.144. The number of carbonyl (C=O) groups is 16. The van der Waals surface area contributed by atoms with Crippen molar-refractivity contribution in [3.05, 3.63) is 0 Å². The molecule has 584 valence electrons. The number of aliphatic hydroxyl groups is 6. The third-order valence-corrected chi connectivity index (χ3v) is 17.8. The Labute approximate surface area is 605 Å². The van der Waals surface area contributed by atoms with Crippen molar-refractivity contribution < 1.29 is 112 Å². The van der Waals surface area contributed by atoms with E-state index < -0.39 is 235 Å². The van der Waals surface area contributed by atoms with Crippen LogP contribution in [0.1, 0.15) is 120 Å². The van der Waals surface area contributed by atoms with Gasteiger partial charge in [0.15, 0.2) is 0 Å². The van der Waals surface area contributed by atoms with Gasteiger partial charge in [0.05, 0.1) is 43.7 Å². The average Bonchev–Trinajstić information content (AvgIpc) is 1.77. The number of nitrogens with zero attached hydrogens (tertiary/aromatic N) is 2. The van der Waals surface area contributed by atoms with E-state index in [1.54, 1.807) is 13.8 Å². The van der Waals surface area contributed by atoms with Gasteiger partial charge in [-0.25, -0.2) is 4.79 Å². The van der Waals surface area contributed by atoms with Crippen LogP contribution in [0.3, 0.4) is 0 Å². The molecule has 0 aliphatic carbocycles. The molecule has 2 rings (SSSR count). The quantitative estimate of drug-likeness (QED) is 0.0199. The number of nitrogens with one attached hydrogen (secondary N) is 12. The van der Waals surface area contributed by atoms with Gasteiger partial charge in [0.25, 0.3) is 0 Å². The largest absolute Gasteiger partial charge is 0.480 e. The molecule has 40 nitrogen and oxygen atoms in total. The van der Waals surface area contributed by atoms with Gasteiger partial charge in [-0.1, -0.05) is 20.3 Å².